The Balaban J connectivity index is 1.71. The van der Waals surface area contributed by atoms with E-state index in [1.807, 2.05) is 6.92 Å². The summed E-state index contributed by atoms with van der Waals surface area (Å²) >= 11 is 7.91. The van der Waals surface area contributed by atoms with Crippen LogP contribution in [0.3, 0.4) is 0 Å². The number of sulfonamides is 1. The summed E-state index contributed by atoms with van der Waals surface area (Å²) in [5.41, 5.74) is 0.360. The fraction of sp³-hybridized carbons (Fsp3) is 0.632. The van der Waals surface area contributed by atoms with Gasteiger partial charge in [-0.25, -0.2) is 8.42 Å². The van der Waals surface area contributed by atoms with Gasteiger partial charge in [0.25, 0.3) is 0 Å². The molecule has 0 spiro atoms. The average molecular weight is 431 g/mol. The van der Waals surface area contributed by atoms with Crippen molar-refractivity contribution >= 4 is 45.0 Å². The van der Waals surface area contributed by atoms with Gasteiger partial charge in [0.05, 0.1) is 20.9 Å². The maximum absolute atomic E-state index is 12.9. The van der Waals surface area contributed by atoms with Gasteiger partial charge in [0.2, 0.25) is 15.9 Å². The molecule has 1 aromatic rings. The zero-order chi connectivity index (χ0) is 19.4. The Kier molecular flexibility index (Phi) is 7.11. The van der Waals surface area contributed by atoms with Crippen molar-refractivity contribution in [2.75, 3.05) is 18.4 Å². The smallest absolute Gasteiger partial charge is 0.243 e. The number of halogens is 1. The van der Waals surface area contributed by atoms with Crippen LogP contribution in [0, 0.1) is 0 Å². The first-order chi connectivity index (χ1) is 12.9. The van der Waals surface area contributed by atoms with E-state index >= 15 is 0 Å². The van der Waals surface area contributed by atoms with Crippen molar-refractivity contribution in [2.24, 2.45) is 0 Å². The monoisotopic (exact) mass is 430 g/mol. The second-order valence-corrected chi connectivity index (χ2v) is 11.3. The Bertz CT molecular complexity index is 773. The van der Waals surface area contributed by atoms with Crippen LogP contribution in [0.25, 0.3) is 0 Å². The molecule has 5 nitrogen and oxygen atoms in total. The molecule has 150 valence electrons. The number of carbonyl (C=O) groups is 1. The average Bonchev–Trinajstić information content (AvgIpc) is 3.17. The molecule has 1 saturated carbocycles. The second kappa shape index (κ2) is 9.16. The molecule has 1 saturated heterocycles. The highest BCUT2D eigenvalue weighted by Crippen LogP contribution is 2.33. The van der Waals surface area contributed by atoms with Crippen molar-refractivity contribution in [3.05, 3.63) is 23.2 Å². The fourth-order valence-electron chi connectivity index (χ4n) is 3.62. The highest BCUT2D eigenvalue weighted by Gasteiger charge is 2.27. The summed E-state index contributed by atoms with van der Waals surface area (Å²) in [5, 5.41) is 3.50. The van der Waals surface area contributed by atoms with Gasteiger partial charge in [0.1, 0.15) is 0 Å². The molecule has 1 aliphatic heterocycles. The fourth-order valence-corrected chi connectivity index (χ4v) is 6.70. The molecular weight excluding hydrogens is 404 g/mol. The molecule has 0 radical (unpaired) electrons. The van der Waals surface area contributed by atoms with Crippen molar-refractivity contribution in [2.45, 2.75) is 67.3 Å². The molecule has 2 fully saturated rings. The number of amides is 1. The van der Waals surface area contributed by atoms with Gasteiger partial charge in [-0.1, -0.05) is 30.9 Å². The van der Waals surface area contributed by atoms with Gasteiger partial charge in [0, 0.05) is 18.3 Å². The van der Waals surface area contributed by atoms with Crippen molar-refractivity contribution < 1.29 is 13.2 Å². The number of benzene rings is 1. The van der Waals surface area contributed by atoms with E-state index in [2.05, 4.69) is 5.32 Å². The minimum absolute atomic E-state index is 0.138. The van der Waals surface area contributed by atoms with Crippen LogP contribution in [0.5, 0.6) is 0 Å². The van der Waals surface area contributed by atoms with Gasteiger partial charge < -0.3 is 5.32 Å². The lowest BCUT2D eigenvalue weighted by atomic mass is 10.2. The molecule has 0 aromatic heterocycles. The van der Waals surface area contributed by atoms with Crippen molar-refractivity contribution in [3.8, 4) is 0 Å². The molecule has 8 heteroatoms. The van der Waals surface area contributed by atoms with E-state index < -0.39 is 10.0 Å². The maximum Gasteiger partial charge on any atom is 0.243 e. The third-order valence-electron chi connectivity index (χ3n) is 5.22. The van der Waals surface area contributed by atoms with Crippen LogP contribution in [0.15, 0.2) is 23.1 Å². The number of thioether (sulfide) groups is 1. The topological polar surface area (TPSA) is 66.5 Å². The van der Waals surface area contributed by atoms with Crippen LogP contribution < -0.4 is 5.32 Å². The summed E-state index contributed by atoms with van der Waals surface area (Å²) in [6.07, 6.45) is 7.60. The summed E-state index contributed by atoms with van der Waals surface area (Å²) < 4.78 is 27.3. The lowest BCUT2D eigenvalue weighted by Gasteiger charge is -2.26. The van der Waals surface area contributed by atoms with Crippen molar-refractivity contribution in [1.29, 1.82) is 0 Å². The van der Waals surface area contributed by atoms with E-state index in [1.54, 1.807) is 17.8 Å². The van der Waals surface area contributed by atoms with Crippen LogP contribution in [-0.2, 0) is 14.8 Å². The highest BCUT2D eigenvalue weighted by atomic mass is 35.5. The number of carbonyl (C=O) groups excluding carboxylic acids is 1. The Hall–Kier alpha value is -0.760. The molecule has 1 atom stereocenters. The Labute approximate surface area is 171 Å². The van der Waals surface area contributed by atoms with Gasteiger partial charge in [-0.05, 0) is 50.8 Å². The molecule has 1 N–H and O–H groups in total. The van der Waals surface area contributed by atoms with E-state index in [9.17, 15) is 13.2 Å². The highest BCUT2D eigenvalue weighted by molar-refractivity contribution is 8.01. The normalized spacial score (nSPS) is 20.5. The van der Waals surface area contributed by atoms with Gasteiger partial charge in [-0.3, -0.25) is 4.79 Å². The van der Waals surface area contributed by atoms with Crippen LogP contribution in [-0.4, -0.2) is 42.2 Å². The summed E-state index contributed by atoms with van der Waals surface area (Å²) in [4.78, 5) is 12.7. The summed E-state index contributed by atoms with van der Waals surface area (Å²) in [6.45, 7) is 2.98. The number of rotatable bonds is 6. The first-order valence-electron chi connectivity index (χ1n) is 9.64. The molecule has 27 heavy (non-hydrogen) atoms. The van der Waals surface area contributed by atoms with Crippen LogP contribution in [0.1, 0.15) is 51.9 Å². The zero-order valence-corrected chi connectivity index (χ0v) is 18.0. The summed E-state index contributed by atoms with van der Waals surface area (Å²) in [5.74, 6) is -0.138. The van der Waals surface area contributed by atoms with E-state index in [-0.39, 0.29) is 16.1 Å². The van der Waals surface area contributed by atoms with Crippen LogP contribution in [0.4, 0.5) is 5.69 Å². The standard InChI is InChI=1S/C19H27ClN2O3S2/c1-14(26-15-7-3-4-8-15)19(23)21-18-13-16(9-10-17(18)20)27(24,25)22-11-5-2-6-12-22/h9-10,13-15H,2-8,11-12H2,1H3,(H,21,23)/t14-/m1/s1. The molecule has 1 aromatic carbocycles. The van der Waals surface area contributed by atoms with E-state index in [1.165, 1.54) is 29.3 Å². The Morgan fingerprint density at radius 2 is 1.85 bits per heavy atom. The van der Waals surface area contributed by atoms with Gasteiger partial charge in [-0.2, -0.15) is 4.31 Å². The van der Waals surface area contributed by atoms with Gasteiger partial charge >= 0.3 is 0 Å². The Morgan fingerprint density at radius 3 is 2.52 bits per heavy atom. The number of anilines is 1. The molecular formula is C19H27ClN2O3S2. The second-order valence-electron chi connectivity index (χ2n) is 7.28. The lowest BCUT2D eigenvalue weighted by molar-refractivity contribution is -0.115. The first-order valence-corrected chi connectivity index (χ1v) is 12.4. The van der Waals surface area contributed by atoms with Gasteiger partial charge in [-0.15, -0.1) is 11.8 Å². The summed E-state index contributed by atoms with van der Waals surface area (Å²) in [7, 11) is -3.56. The van der Waals surface area contributed by atoms with Crippen LogP contribution in [0.2, 0.25) is 5.02 Å². The summed E-state index contributed by atoms with van der Waals surface area (Å²) in [6, 6.07) is 4.54. The zero-order valence-electron chi connectivity index (χ0n) is 15.6. The third kappa shape index (κ3) is 5.19. The van der Waals surface area contributed by atoms with E-state index in [0.29, 0.717) is 29.0 Å². The quantitative estimate of drug-likeness (QED) is 0.720. The number of nitrogens with zero attached hydrogens (tertiary/aromatic N) is 1. The third-order valence-corrected chi connectivity index (χ3v) is 8.92. The van der Waals surface area contributed by atoms with Crippen LogP contribution >= 0.6 is 23.4 Å². The minimum atomic E-state index is -3.56. The first kappa shape index (κ1) is 21.0. The largest absolute Gasteiger partial charge is 0.324 e. The molecule has 2 aliphatic rings. The molecule has 3 rings (SSSR count). The predicted molar refractivity (Wildman–Crippen MR) is 112 cm³/mol. The lowest BCUT2D eigenvalue weighted by Crippen LogP contribution is -2.35. The predicted octanol–water partition coefficient (Wildman–Crippen LogP) is 4.52. The number of nitrogens with one attached hydrogen (secondary N) is 1. The van der Waals surface area contributed by atoms with Gasteiger partial charge in [0.15, 0.2) is 0 Å². The Morgan fingerprint density at radius 1 is 1.19 bits per heavy atom. The molecule has 0 unspecified atom stereocenters. The number of hydrogen-bond acceptors (Lipinski definition) is 4. The number of hydrogen-bond donors (Lipinski definition) is 1. The van der Waals surface area contributed by atoms with E-state index in [0.717, 1.165) is 32.1 Å². The SMILES string of the molecule is C[C@@H](SC1CCCC1)C(=O)Nc1cc(S(=O)(=O)N2CCCCC2)ccc1Cl. The molecule has 1 aliphatic carbocycles. The molecule has 0 bridgehead atoms. The van der Waals surface area contributed by atoms with E-state index in [4.69, 9.17) is 11.6 Å². The number of piperidine rings is 1. The van der Waals surface area contributed by atoms with Crippen molar-refractivity contribution in [3.63, 3.8) is 0 Å². The minimum Gasteiger partial charge on any atom is -0.324 e. The molecule has 1 heterocycles. The van der Waals surface area contributed by atoms with Crippen molar-refractivity contribution in [1.82, 2.24) is 4.31 Å². The maximum atomic E-state index is 12.9. The molecule has 1 amide bonds.